The average Bonchev–Trinajstić information content (AvgIpc) is 2.53. The molecule has 1 unspecified atom stereocenters. The molecule has 2 aromatic carbocycles. The summed E-state index contributed by atoms with van der Waals surface area (Å²) in [6, 6.07) is 9.50. The molecule has 0 amide bonds. The SMILES string of the molecule is O=P(O)(O)C(CCCc1cccc(Oc2ccc(F)c(F)c2)c1)S(=O)(=O)O.[K].[K].[K]. The molecule has 0 fully saturated rings. The Bertz CT molecular complexity index is 973. The summed E-state index contributed by atoms with van der Waals surface area (Å²) in [6.45, 7) is 0. The normalized spacial score (nSPS) is 12.0. The van der Waals surface area contributed by atoms with Crippen molar-refractivity contribution in [1.29, 1.82) is 0 Å². The smallest absolute Gasteiger partial charge is 0.346 e. The molecule has 1 atom stereocenters. The van der Waals surface area contributed by atoms with E-state index < -0.39 is 40.8 Å². The molecule has 2 rings (SSSR count). The van der Waals surface area contributed by atoms with Crippen LogP contribution in [0.3, 0.4) is 0 Å². The molecule has 151 valence electrons. The van der Waals surface area contributed by atoms with E-state index >= 15 is 0 Å². The van der Waals surface area contributed by atoms with Gasteiger partial charge >= 0.3 is 7.60 Å². The predicted molar refractivity (Wildman–Crippen MR) is 110 cm³/mol. The third-order valence-corrected chi connectivity index (χ3v) is 7.22. The van der Waals surface area contributed by atoms with Gasteiger partial charge < -0.3 is 14.5 Å². The topological polar surface area (TPSA) is 121 Å². The summed E-state index contributed by atoms with van der Waals surface area (Å²) in [5, 5.41) is 0. The summed E-state index contributed by atoms with van der Waals surface area (Å²) in [5.41, 5.74) is 0.662. The second-order valence-corrected chi connectivity index (χ2v) is 9.53. The van der Waals surface area contributed by atoms with Crippen LogP contribution in [0.25, 0.3) is 0 Å². The Kier molecular flexibility index (Phi) is 18.7. The van der Waals surface area contributed by atoms with Gasteiger partial charge in [0, 0.05) is 160 Å². The van der Waals surface area contributed by atoms with Gasteiger partial charge in [0.15, 0.2) is 16.6 Å². The van der Waals surface area contributed by atoms with Crippen molar-refractivity contribution in [3.8, 4) is 11.5 Å². The molecular weight excluding hydrogens is 523 g/mol. The summed E-state index contributed by atoms with van der Waals surface area (Å²) in [4.78, 5) is 15.9. The fraction of sp³-hybridized carbons (Fsp3) is 0.250. The Hall–Kier alpha value is 3.07. The van der Waals surface area contributed by atoms with Gasteiger partial charge in [0.2, 0.25) is 0 Å². The monoisotopic (exact) mass is 539 g/mol. The van der Waals surface area contributed by atoms with E-state index in [1.54, 1.807) is 24.3 Å². The molecule has 0 bridgehead atoms. The van der Waals surface area contributed by atoms with Gasteiger partial charge in [0.25, 0.3) is 10.1 Å². The molecule has 14 heteroatoms. The first-order valence-corrected chi connectivity index (χ1v) is 10.9. The molecule has 30 heavy (non-hydrogen) atoms. The number of aryl methyl sites for hydroxylation is 1. The Morgan fingerprint density at radius 3 is 2.10 bits per heavy atom. The molecule has 3 N–H and O–H groups in total. The van der Waals surface area contributed by atoms with Crippen LogP contribution in [0, 0.1) is 11.6 Å². The van der Waals surface area contributed by atoms with Crippen molar-refractivity contribution >= 4 is 172 Å². The van der Waals surface area contributed by atoms with E-state index in [2.05, 4.69) is 0 Å². The van der Waals surface area contributed by atoms with Crippen molar-refractivity contribution in [3.05, 3.63) is 59.7 Å². The van der Waals surface area contributed by atoms with Gasteiger partial charge in [-0.1, -0.05) is 12.1 Å². The molecule has 2 aromatic rings. The third-order valence-electron chi connectivity index (χ3n) is 3.66. The summed E-state index contributed by atoms with van der Waals surface area (Å²) in [5.74, 6) is -1.66. The minimum atomic E-state index is -5.01. The van der Waals surface area contributed by atoms with Crippen LogP contribution in [0.2, 0.25) is 0 Å². The van der Waals surface area contributed by atoms with Crippen LogP contribution in [0.1, 0.15) is 18.4 Å². The van der Waals surface area contributed by atoms with Gasteiger partial charge in [-0.15, -0.1) is 0 Å². The van der Waals surface area contributed by atoms with E-state index in [1.165, 1.54) is 6.07 Å². The van der Waals surface area contributed by atoms with E-state index in [9.17, 15) is 21.8 Å². The second kappa shape index (κ2) is 15.9. The molecule has 0 aromatic heterocycles. The van der Waals surface area contributed by atoms with Crippen molar-refractivity contribution in [3.63, 3.8) is 0 Å². The number of ether oxygens (including phenoxy) is 1. The van der Waals surface area contributed by atoms with Gasteiger partial charge in [-0.25, -0.2) is 8.78 Å². The van der Waals surface area contributed by atoms with Crippen LogP contribution in [0.15, 0.2) is 42.5 Å². The third kappa shape index (κ3) is 12.2. The number of rotatable bonds is 8. The summed E-state index contributed by atoms with van der Waals surface area (Å²) in [6.07, 6.45) is -0.109. The van der Waals surface area contributed by atoms with Gasteiger partial charge in [-0.2, -0.15) is 8.42 Å². The molecule has 0 aliphatic rings. The maximum absolute atomic E-state index is 13.2. The van der Waals surface area contributed by atoms with E-state index in [1.807, 2.05) is 0 Å². The molecular formula is C16H17F2K3O7PS. The zero-order valence-corrected chi connectivity index (χ0v) is 27.9. The quantitative estimate of drug-likeness (QED) is 0.268. The molecule has 0 heterocycles. The minimum absolute atomic E-state index is 0. The fourth-order valence-electron chi connectivity index (χ4n) is 2.41. The number of hydrogen-bond donors (Lipinski definition) is 3. The molecule has 7 nitrogen and oxygen atoms in total. The Morgan fingerprint density at radius 1 is 0.967 bits per heavy atom. The maximum Gasteiger partial charge on any atom is 0.346 e. The average molecular weight is 540 g/mol. The standard InChI is InChI=1S/C16H17F2O7PS.3K/c17-14-8-7-13(10-15(14)18)25-12-5-1-3-11(9-12)4-2-6-16(26(19,20)21)27(22,23)24;;;/h1,3,5,7-10,16H,2,4,6H2,(H2,19,20,21)(H,22,23,24);;;. The molecule has 0 spiro atoms. The van der Waals surface area contributed by atoms with Gasteiger partial charge in [0.05, 0.1) is 0 Å². The van der Waals surface area contributed by atoms with Crippen LogP contribution >= 0.6 is 7.60 Å². The van der Waals surface area contributed by atoms with Crippen molar-refractivity contribution in [2.45, 2.75) is 24.3 Å². The van der Waals surface area contributed by atoms with E-state index in [0.717, 1.165) is 12.1 Å². The first-order chi connectivity index (χ1) is 12.5. The predicted octanol–water partition coefficient (Wildman–Crippen LogP) is 2.33. The Balaban J connectivity index is 0. The largest absolute Gasteiger partial charge is 0.457 e. The van der Waals surface area contributed by atoms with Gasteiger partial charge in [-0.3, -0.25) is 9.12 Å². The van der Waals surface area contributed by atoms with Gasteiger partial charge in [-0.05, 0) is 49.1 Å². The molecule has 3 radical (unpaired) electrons. The zero-order valence-electron chi connectivity index (χ0n) is 16.8. The van der Waals surface area contributed by atoms with Crippen molar-refractivity contribution < 1.29 is 40.8 Å². The number of halogens is 2. The van der Waals surface area contributed by atoms with Crippen LogP contribution in [0.5, 0.6) is 11.5 Å². The van der Waals surface area contributed by atoms with Crippen LogP contribution in [0.4, 0.5) is 8.78 Å². The van der Waals surface area contributed by atoms with Crippen molar-refractivity contribution in [2.75, 3.05) is 0 Å². The van der Waals surface area contributed by atoms with Crippen molar-refractivity contribution in [2.24, 2.45) is 0 Å². The molecule has 0 saturated heterocycles. The van der Waals surface area contributed by atoms with Gasteiger partial charge in [0.1, 0.15) is 11.5 Å². The first-order valence-electron chi connectivity index (χ1n) is 7.70. The zero-order chi connectivity index (χ0) is 20.2. The van der Waals surface area contributed by atoms with Crippen LogP contribution in [-0.2, 0) is 21.1 Å². The fourth-order valence-corrected chi connectivity index (χ4v) is 4.78. The van der Waals surface area contributed by atoms with E-state index in [-0.39, 0.29) is 173 Å². The Labute approximate surface area is 301 Å². The van der Waals surface area contributed by atoms with Crippen LogP contribution in [-0.4, -0.2) is 182 Å². The Morgan fingerprint density at radius 2 is 1.57 bits per heavy atom. The van der Waals surface area contributed by atoms with Crippen LogP contribution < -0.4 is 4.74 Å². The summed E-state index contributed by atoms with van der Waals surface area (Å²) in [7, 11) is -9.90. The second-order valence-electron chi connectivity index (χ2n) is 5.78. The van der Waals surface area contributed by atoms with E-state index in [4.69, 9.17) is 19.1 Å². The summed E-state index contributed by atoms with van der Waals surface area (Å²) >= 11 is 0. The molecule has 0 aliphatic heterocycles. The van der Waals surface area contributed by atoms with Crippen molar-refractivity contribution in [1.82, 2.24) is 0 Å². The minimum Gasteiger partial charge on any atom is -0.457 e. The molecule has 0 aliphatic carbocycles. The number of hydrogen-bond acceptors (Lipinski definition) is 4. The number of benzene rings is 2. The summed E-state index contributed by atoms with van der Waals surface area (Å²) < 4.78 is 74.0. The van der Waals surface area contributed by atoms with E-state index in [0.29, 0.717) is 11.3 Å². The molecule has 0 saturated carbocycles. The maximum atomic E-state index is 13.2. The first kappa shape index (κ1) is 35.2.